The molecule has 81 heavy (non-hydrogen) atoms. The van der Waals surface area contributed by atoms with Crippen LogP contribution < -0.4 is 56.0 Å². The van der Waals surface area contributed by atoms with Crippen LogP contribution in [0.4, 0.5) is 11.4 Å². The van der Waals surface area contributed by atoms with E-state index in [9.17, 15) is 9.59 Å². The van der Waals surface area contributed by atoms with Crippen molar-refractivity contribution in [2.24, 2.45) is 0 Å². The maximum Gasteiger partial charge on any atom is 0.220 e. The Hall–Kier alpha value is -3.27. The summed E-state index contributed by atoms with van der Waals surface area (Å²) < 4.78 is 2.11. The van der Waals surface area contributed by atoms with Crippen LogP contribution >= 0.6 is 41.2 Å². The second-order valence-corrected chi connectivity index (χ2v) is 22.7. The number of carbonyl (C=O) groups excluding carboxylic acids is 2. The number of alkyl halides is 1. The number of anilines is 2. The number of benzene rings is 2. The van der Waals surface area contributed by atoms with Gasteiger partial charge in [-0.05, 0) is 120 Å². The normalized spacial score (nSPS) is 11.3. The first kappa shape index (κ1) is 79.8. The molecule has 0 aliphatic heterocycles. The standard InChI is InChI=1S/C24H34N4OS.C24H38N4OS.C18H37Br.2ClH/c1-27(2)16-4-14-25-23-10-8-21(9-11-23)6-7-22-12-18-28(19-13-22)17-3-5-24(29)26-15-20-30;1-4-21(14-17-25-15-5-7-24(29)27-18-20-30)8-9-22-10-12-23(13-11-22)26-16-6-19-28(2)3;1-2-3-4-5-6-7-8-9-10-11-12-13-14-15-16-17-18-19;;/h6-13,18-19H,3-5,14-17,20H2,1-2H3,(H2,26,29,30);4,8-14,17,25-26,30H,5-7,15-16,18-20H2,1-3H3,(H,27,29);2-18H2,1H3;2*1H/b;9-8+,17-14-,21-4-;;;. The Morgan fingerprint density at radius 3 is 1.38 bits per heavy atom. The lowest BCUT2D eigenvalue weighted by Gasteiger charge is -2.10. The fourth-order valence-electron chi connectivity index (χ4n) is 8.33. The van der Waals surface area contributed by atoms with Gasteiger partial charge in [0.25, 0.3) is 0 Å². The number of nitrogens with zero attached hydrogens (tertiary/aromatic N) is 3. The lowest BCUT2D eigenvalue weighted by Crippen LogP contribution is -3.00. The highest BCUT2D eigenvalue weighted by molar-refractivity contribution is 9.09. The lowest BCUT2D eigenvalue weighted by atomic mass is 10.0. The molecule has 0 bridgehead atoms. The minimum atomic E-state index is 0. The maximum absolute atomic E-state index is 11.6. The van der Waals surface area contributed by atoms with Crippen LogP contribution in [0.3, 0.4) is 0 Å². The van der Waals surface area contributed by atoms with E-state index in [2.05, 4.69) is 233 Å². The van der Waals surface area contributed by atoms with Gasteiger partial charge in [0.15, 0.2) is 12.4 Å². The van der Waals surface area contributed by atoms with Gasteiger partial charge in [0.2, 0.25) is 11.8 Å². The van der Waals surface area contributed by atoms with E-state index in [1.54, 1.807) is 0 Å². The van der Waals surface area contributed by atoms with Gasteiger partial charge < -0.3 is 61.2 Å². The summed E-state index contributed by atoms with van der Waals surface area (Å²) in [5, 5.41) is 15.9. The molecule has 0 unspecified atom stereocenters. The zero-order chi connectivity index (χ0) is 57.7. The Morgan fingerprint density at radius 2 is 0.963 bits per heavy atom. The third kappa shape index (κ3) is 50.9. The van der Waals surface area contributed by atoms with Crippen LogP contribution in [0.15, 0.2) is 103 Å². The number of unbranched alkanes of at least 4 members (excludes halogenated alkanes) is 15. The molecule has 0 spiro atoms. The predicted octanol–water partition coefficient (Wildman–Crippen LogP) is 7.90. The van der Waals surface area contributed by atoms with Crippen LogP contribution in [0.5, 0.6) is 0 Å². The third-order valence-electron chi connectivity index (χ3n) is 13.1. The summed E-state index contributed by atoms with van der Waals surface area (Å²) >= 11 is 11.7. The fraction of sp³-hybridized carbons (Fsp3) is 0.591. The summed E-state index contributed by atoms with van der Waals surface area (Å²) in [5.74, 6) is 1.55. The number of hydrogen-bond acceptors (Lipinski definition) is 8. The van der Waals surface area contributed by atoms with E-state index in [1.165, 1.54) is 119 Å². The van der Waals surface area contributed by atoms with Crippen LogP contribution in [-0.4, -0.2) is 112 Å². The van der Waals surface area contributed by atoms with E-state index in [-0.39, 0.29) is 36.6 Å². The molecular weight excluding hydrogens is 1150 g/mol. The molecule has 0 atom stereocenters. The molecule has 6 N–H and O–H groups in total. The number of aromatic nitrogens is 1. The summed E-state index contributed by atoms with van der Waals surface area (Å²) in [6, 6.07) is 21.2. The largest absolute Gasteiger partial charge is 1.00 e. The number of rotatable bonds is 44. The summed E-state index contributed by atoms with van der Waals surface area (Å²) in [6.45, 7) is 11.5. The number of quaternary nitrogens is 1. The molecule has 2 amide bonds. The average Bonchev–Trinajstić information content (AvgIpc) is 3.45. The van der Waals surface area contributed by atoms with Gasteiger partial charge in [0.05, 0.1) is 12.7 Å². The van der Waals surface area contributed by atoms with Gasteiger partial charge in [-0.2, -0.15) is 25.3 Å². The van der Waals surface area contributed by atoms with Crippen molar-refractivity contribution in [3.05, 3.63) is 120 Å². The molecule has 0 saturated heterocycles. The van der Waals surface area contributed by atoms with Crippen molar-refractivity contribution in [2.75, 3.05) is 101 Å². The predicted molar refractivity (Wildman–Crippen MR) is 356 cm³/mol. The highest BCUT2D eigenvalue weighted by atomic mass is 79.9. The molecule has 1 aromatic heterocycles. The number of thiol groups is 2. The van der Waals surface area contributed by atoms with E-state index < -0.39 is 0 Å². The molecule has 0 radical (unpaired) electrons. The second kappa shape index (κ2) is 58.5. The lowest BCUT2D eigenvalue weighted by molar-refractivity contribution is -0.697. The monoisotopic (exact) mass is 1260 g/mol. The second-order valence-electron chi connectivity index (χ2n) is 21.0. The highest BCUT2D eigenvalue weighted by Gasteiger charge is 2.05. The first-order valence-electron chi connectivity index (χ1n) is 30.3. The number of aryl methyl sites for hydroxylation is 1. The zero-order valence-electron chi connectivity index (χ0n) is 51.1. The van der Waals surface area contributed by atoms with E-state index in [0.717, 1.165) is 87.5 Å². The van der Waals surface area contributed by atoms with E-state index in [0.29, 0.717) is 37.4 Å². The van der Waals surface area contributed by atoms with Crippen molar-refractivity contribution in [3.63, 3.8) is 0 Å². The molecule has 10 nitrogen and oxygen atoms in total. The van der Waals surface area contributed by atoms with Gasteiger partial charge in [-0.1, -0.05) is 174 Å². The number of pyridine rings is 1. The molecular formula is C66H111BrCl2N8O2S2. The fourth-order valence-corrected chi connectivity index (χ4v) is 8.95. The maximum atomic E-state index is 11.6. The van der Waals surface area contributed by atoms with Gasteiger partial charge in [0.1, 0.15) is 6.54 Å². The minimum absolute atomic E-state index is 0. The summed E-state index contributed by atoms with van der Waals surface area (Å²) in [7, 11) is 8.39. The average molecular weight is 1260 g/mol. The van der Waals surface area contributed by atoms with Crippen LogP contribution in [0.2, 0.25) is 0 Å². The molecule has 0 aliphatic carbocycles. The Balaban J connectivity index is 0. The van der Waals surface area contributed by atoms with Crippen molar-refractivity contribution in [2.45, 2.75) is 162 Å². The van der Waals surface area contributed by atoms with Crippen molar-refractivity contribution >= 4 is 82.6 Å². The summed E-state index contributed by atoms with van der Waals surface area (Å²) in [6.07, 6.45) is 47.2. The minimum Gasteiger partial charge on any atom is -1.00 e. The first-order valence-corrected chi connectivity index (χ1v) is 32.7. The molecule has 3 rings (SSSR count). The van der Waals surface area contributed by atoms with Gasteiger partial charge in [-0.25, -0.2) is 4.57 Å². The van der Waals surface area contributed by atoms with Crippen LogP contribution in [0.1, 0.15) is 172 Å². The molecule has 2 aromatic carbocycles. The summed E-state index contributed by atoms with van der Waals surface area (Å²) in [4.78, 5) is 27.5. The molecule has 15 heteroatoms. The van der Waals surface area contributed by atoms with Crippen LogP contribution in [0.25, 0.3) is 18.2 Å². The SMILES string of the molecule is C/C=C(\C=C/[NH2+]CCCC(=O)NCCS)/C=C/c1ccc(NCCCN(C)C)cc1.CCCCCCCCCCCCCCCCCCBr.CN(C)CCCNc1ccc(/C=C/c2cc[n+](CCCC(=O)NCCS)cc2)cc1.[Cl-].[Cl-]. The van der Waals surface area contributed by atoms with Crippen LogP contribution in [-0.2, 0) is 16.1 Å². The van der Waals surface area contributed by atoms with Gasteiger partial charge in [0, 0.05) is 92.2 Å². The van der Waals surface area contributed by atoms with E-state index >= 15 is 0 Å². The molecule has 0 fully saturated rings. The highest BCUT2D eigenvalue weighted by Crippen LogP contribution is 2.16. The van der Waals surface area contributed by atoms with E-state index in [1.807, 2.05) is 6.92 Å². The molecule has 3 aromatic rings. The number of halogens is 3. The number of carbonyl (C=O) groups is 2. The van der Waals surface area contributed by atoms with Gasteiger partial charge in [-0.3, -0.25) is 9.59 Å². The van der Waals surface area contributed by atoms with Crippen molar-refractivity contribution in [3.8, 4) is 0 Å². The molecule has 0 aliphatic rings. The zero-order valence-corrected chi connectivity index (χ0v) is 56.0. The number of allylic oxidation sites excluding steroid dienone is 4. The van der Waals surface area contributed by atoms with Crippen molar-refractivity contribution < 1.29 is 44.3 Å². The number of amides is 2. The smallest absolute Gasteiger partial charge is 0.220 e. The number of hydrogen-bond donors (Lipinski definition) is 7. The van der Waals surface area contributed by atoms with Crippen molar-refractivity contribution in [1.29, 1.82) is 0 Å². The first-order chi connectivity index (χ1) is 38.5. The number of nitrogens with one attached hydrogen (secondary N) is 4. The van der Waals surface area contributed by atoms with Crippen LogP contribution in [0, 0.1) is 0 Å². The third-order valence-corrected chi connectivity index (χ3v) is 14.1. The Morgan fingerprint density at radius 1 is 0.543 bits per heavy atom. The summed E-state index contributed by atoms with van der Waals surface area (Å²) in [5.41, 5.74) is 6.99. The Labute approximate surface area is 526 Å². The quantitative estimate of drug-likeness (QED) is 0.0102. The van der Waals surface area contributed by atoms with Gasteiger partial charge in [-0.15, -0.1) is 0 Å². The Kier molecular flexibility index (Phi) is 57.6. The Bertz CT molecular complexity index is 2010. The molecule has 0 saturated carbocycles. The van der Waals surface area contributed by atoms with Crippen molar-refractivity contribution in [1.82, 2.24) is 20.4 Å². The topological polar surface area (TPSA) is 109 Å². The molecule has 1 heterocycles. The van der Waals surface area contributed by atoms with E-state index in [4.69, 9.17) is 0 Å². The number of nitrogens with two attached hydrogens (primary N) is 1. The van der Waals surface area contributed by atoms with Gasteiger partial charge >= 0.3 is 0 Å². The molecule has 460 valence electrons.